The summed E-state index contributed by atoms with van der Waals surface area (Å²) in [5.74, 6) is -0.894. The van der Waals surface area contributed by atoms with E-state index < -0.39 is 17.3 Å². The number of carbonyl (C=O) groups excluding carboxylic acids is 3. The molecule has 0 heterocycles. The molecule has 2 aromatic carbocycles. The lowest BCUT2D eigenvalue weighted by atomic mass is 10.0. The maximum Gasteiger partial charge on any atom is 0.321 e. The van der Waals surface area contributed by atoms with Gasteiger partial charge in [0, 0.05) is 12.5 Å². The SMILES string of the molecule is COC(=O)[C@@H](SC(C)=O)[C@@H](NC(=O)c1ccccc1)c1ccccc1. The highest BCUT2D eigenvalue weighted by Gasteiger charge is 2.33. The molecule has 6 heteroatoms. The van der Waals surface area contributed by atoms with E-state index in [1.54, 1.807) is 36.4 Å². The molecule has 0 spiro atoms. The van der Waals surface area contributed by atoms with Crippen LogP contribution in [0, 0.1) is 0 Å². The van der Waals surface area contributed by atoms with Gasteiger partial charge in [-0.1, -0.05) is 60.3 Å². The maximum absolute atomic E-state index is 12.6. The average molecular weight is 357 g/mol. The maximum atomic E-state index is 12.6. The quantitative estimate of drug-likeness (QED) is 0.805. The number of methoxy groups -OCH3 is 1. The van der Waals surface area contributed by atoms with Gasteiger partial charge in [0.15, 0.2) is 5.12 Å². The number of hydrogen-bond donors (Lipinski definition) is 1. The molecule has 0 saturated carbocycles. The van der Waals surface area contributed by atoms with Crippen molar-refractivity contribution < 1.29 is 19.1 Å². The van der Waals surface area contributed by atoms with Crippen molar-refractivity contribution in [3.8, 4) is 0 Å². The third-order valence-corrected chi connectivity index (χ3v) is 4.56. The molecule has 1 amide bonds. The van der Waals surface area contributed by atoms with Crippen molar-refractivity contribution in [2.45, 2.75) is 18.2 Å². The summed E-state index contributed by atoms with van der Waals surface area (Å²) < 4.78 is 4.84. The summed E-state index contributed by atoms with van der Waals surface area (Å²) in [7, 11) is 1.26. The van der Waals surface area contributed by atoms with E-state index in [9.17, 15) is 14.4 Å². The van der Waals surface area contributed by atoms with Crippen LogP contribution in [0.4, 0.5) is 0 Å². The Morgan fingerprint density at radius 3 is 2.04 bits per heavy atom. The molecule has 0 aromatic heterocycles. The van der Waals surface area contributed by atoms with Crippen LogP contribution in [0.2, 0.25) is 0 Å². The first kappa shape index (κ1) is 18.7. The standard InChI is InChI=1S/C19H19NO4S/c1-13(21)25-17(19(23)24-2)16(14-9-5-3-6-10-14)20-18(22)15-11-7-4-8-12-15/h3-12,16-17H,1-2H3,(H,20,22)/t16-,17-/m0/s1. The Kier molecular flexibility index (Phi) is 6.77. The zero-order valence-corrected chi connectivity index (χ0v) is 14.8. The number of carbonyl (C=O) groups is 3. The minimum absolute atomic E-state index is 0.231. The minimum atomic E-state index is -0.877. The molecule has 0 fully saturated rings. The first-order valence-corrected chi connectivity index (χ1v) is 8.56. The Bertz CT molecular complexity index is 734. The molecule has 0 saturated heterocycles. The summed E-state index contributed by atoms with van der Waals surface area (Å²) in [6.45, 7) is 1.38. The summed E-state index contributed by atoms with van der Waals surface area (Å²) >= 11 is 0.844. The van der Waals surface area contributed by atoms with Crippen LogP contribution >= 0.6 is 11.8 Å². The molecule has 1 N–H and O–H groups in total. The fraction of sp³-hybridized carbons (Fsp3) is 0.211. The van der Waals surface area contributed by atoms with Gasteiger partial charge in [0.2, 0.25) is 0 Å². The molecule has 0 radical (unpaired) electrons. The van der Waals surface area contributed by atoms with Gasteiger partial charge in [-0.3, -0.25) is 14.4 Å². The largest absolute Gasteiger partial charge is 0.468 e. The molecule has 2 atom stereocenters. The number of esters is 1. The number of hydrogen-bond acceptors (Lipinski definition) is 5. The first-order chi connectivity index (χ1) is 12.0. The molecule has 5 nitrogen and oxygen atoms in total. The van der Waals surface area contributed by atoms with Crippen LogP contribution in [0.1, 0.15) is 28.9 Å². The molecule has 130 valence electrons. The van der Waals surface area contributed by atoms with Gasteiger partial charge in [-0.05, 0) is 17.7 Å². The molecular weight excluding hydrogens is 338 g/mol. The average Bonchev–Trinajstić information content (AvgIpc) is 2.65. The van der Waals surface area contributed by atoms with Crippen molar-refractivity contribution in [1.29, 1.82) is 0 Å². The van der Waals surface area contributed by atoms with E-state index in [-0.39, 0.29) is 11.0 Å². The number of ether oxygens (including phenoxy) is 1. The summed E-state index contributed by atoms with van der Waals surface area (Å²) in [4.78, 5) is 36.4. The highest BCUT2D eigenvalue weighted by Crippen LogP contribution is 2.29. The van der Waals surface area contributed by atoms with Crippen LogP contribution in [0.3, 0.4) is 0 Å². The third kappa shape index (κ3) is 5.19. The number of rotatable bonds is 6. The van der Waals surface area contributed by atoms with Gasteiger partial charge in [-0.2, -0.15) is 0 Å². The Labute approximate surface area is 150 Å². The van der Waals surface area contributed by atoms with Crippen LogP contribution in [-0.2, 0) is 14.3 Å². The predicted octanol–water partition coefficient (Wildman–Crippen LogP) is 2.98. The summed E-state index contributed by atoms with van der Waals surface area (Å²) in [6, 6.07) is 17.1. The van der Waals surface area contributed by atoms with Gasteiger partial charge in [0.05, 0.1) is 13.2 Å². The zero-order chi connectivity index (χ0) is 18.2. The van der Waals surface area contributed by atoms with Crippen molar-refractivity contribution in [2.75, 3.05) is 7.11 Å². The lowest BCUT2D eigenvalue weighted by molar-refractivity contribution is -0.140. The van der Waals surface area contributed by atoms with E-state index in [4.69, 9.17) is 4.74 Å². The number of thioether (sulfide) groups is 1. The number of nitrogens with one attached hydrogen (secondary N) is 1. The van der Waals surface area contributed by atoms with E-state index in [0.717, 1.165) is 17.3 Å². The van der Waals surface area contributed by atoms with E-state index in [2.05, 4.69) is 5.32 Å². The second-order valence-corrected chi connectivity index (χ2v) is 6.60. The molecule has 2 rings (SSSR count). The fourth-order valence-corrected chi connectivity index (χ4v) is 3.27. The van der Waals surface area contributed by atoms with Crippen LogP contribution < -0.4 is 5.32 Å². The van der Waals surface area contributed by atoms with Crippen LogP contribution in [0.15, 0.2) is 60.7 Å². The van der Waals surface area contributed by atoms with E-state index in [1.165, 1.54) is 14.0 Å². The molecule has 0 unspecified atom stereocenters. The zero-order valence-electron chi connectivity index (χ0n) is 14.0. The van der Waals surface area contributed by atoms with E-state index in [0.29, 0.717) is 5.56 Å². The predicted molar refractivity (Wildman–Crippen MR) is 97.2 cm³/mol. The van der Waals surface area contributed by atoms with Crippen molar-refractivity contribution in [3.05, 3.63) is 71.8 Å². The smallest absolute Gasteiger partial charge is 0.321 e. The molecule has 0 bridgehead atoms. The highest BCUT2D eigenvalue weighted by molar-refractivity contribution is 8.14. The fourth-order valence-electron chi connectivity index (χ4n) is 2.36. The Morgan fingerprint density at radius 2 is 1.52 bits per heavy atom. The topological polar surface area (TPSA) is 72.5 Å². The minimum Gasteiger partial charge on any atom is -0.468 e. The lowest BCUT2D eigenvalue weighted by Crippen LogP contribution is -2.39. The second-order valence-electron chi connectivity index (χ2n) is 5.28. The van der Waals surface area contributed by atoms with Gasteiger partial charge >= 0.3 is 5.97 Å². The third-order valence-electron chi connectivity index (χ3n) is 3.51. The highest BCUT2D eigenvalue weighted by atomic mass is 32.2. The summed E-state index contributed by atoms with van der Waals surface area (Å²) in [5, 5.41) is 1.75. The van der Waals surface area contributed by atoms with Crippen molar-refractivity contribution in [1.82, 2.24) is 5.32 Å². The summed E-state index contributed by atoms with van der Waals surface area (Å²) in [5.41, 5.74) is 1.19. The molecular formula is C19H19NO4S. The molecule has 0 aliphatic heterocycles. The van der Waals surface area contributed by atoms with Gasteiger partial charge in [0.25, 0.3) is 5.91 Å². The molecule has 0 aliphatic carbocycles. The molecule has 25 heavy (non-hydrogen) atoms. The van der Waals surface area contributed by atoms with Crippen LogP contribution in [0.5, 0.6) is 0 Å². The van der Waals surface area contributed by atoms with E-state index in [1.807, 2.05) is 24.3 Å². The Balaban J connectivity index is 2.36. The number of amides is 1. The van der Waals surface area contributed by atoms with Gasteiger partial charge in [0.1, 0.15) is 5.25 Å². The summed E-state index contributed by atoms with van der Waals surface area (Å²) in [6.07, 6.45) is 0. The van der Waals surface area contributed by atoms with Gasteiger partial charge < -0.3 is 10.1 Å². The second kappa shape index (κ2) is 9.03. The van der Waals surface area contributed by atoms with Crippen molar-refractivity contribution in [2.24, 2.45) is 0 Å². The first-order valence-electron chi connectivity index (χ1n) is 7.69. The van der Waals surface area contributed by atoms with Crippen LogP contribution in [0.25, 0.3) is 0 Å². The Hall–Kier alpha value is -2.60. The Morgan fingerprint density at radius 1 is 0.960 bits per heavy atom. The van der Waals surface area contributed by atoms with Gasteiger partial charge in [-0.25, -0.2) is 0 Å². The van der Waals surface area contributed by atoms with Crippen LogP contribution in [-0.4, -0.2) is 29.4 Å². The monoisotopic (exact) mass is 357 g/mol. The normalized spacial score (nSPS) is 12.7. The van der Waals surface area contributed by atoms with Crippen molar-refractivity contribution in [3.63, 3.8) is 0 Å². The van der Waals surface area contributed by atoms with E-state index >= 15 is 0 Å². The lowest BCUT2D eigenvalue weighted by Gasteiger charge is -2.25. The van der Waals surface area contributed by atoms with Crippen molar-refractivity contribution >= 4 is 28.8 Å². The number of benzene rings is 2. The molecule has 0 aliphatic rings. The molecule has 2 aromatic rings. The van der Waals surface area contributed by atoms with Gasteiger partial charge in [-0.15, -0.1) is 0 Å².